The van der Waals surface area contributed by atoms with E-state index in [0.717, 1.165) is 6.26 Å². The lowest BCUT2D eigenvalue weighted by Gasteiger charge is -2.38. The monoisotopic (exact) mass is 469 g/mol. The third kappa shape index (κ3) is 4.14. The number of hydrogen-bond acceptors (Lipinski definition) is 6. The number of nitrogens with two attached hydrogens (primary N) is 1. The molecule has 4 rings (SSSR count). The van der Waals surface area contributed by atoms with Gasteiger partial charge in [0.2, 0.25) is 5.91 Å². The van der Waals surface area contributed by atoms with Crippen LogP contribution in [-0.2, 0) is 20.2 Å². The Bertz CT molecular complexity index is 1340. The largest absolute Gasteiger partial charge is 0.339 e. The molecule has 33 heavy (non-hydrogen) atoms. The molecule has 1 aliphatic rings. The average molecular weight is 470 g/mol. The van der Waals surface area contributed by atoms with E-state index in [1.54, 1.807) is 36.7 Å². The lowest BCUT2D eigenvalue weighted by atomic mass is 10.0. The van der Waals surface area contributed by atoms with E-state index >= 15 is 0 Å². The average Bonchev–Trinajstić information content (AvgIpc) is 3.13. The van der Waals surface area contributed by atoms with Crippen molar-refractivity contribution in [1.29, 1.82) is 0 Å². The number of sulfone groups is 1. The number of carbonyl (C=O) groups is 1. The summed E-state index contributed by atoms with van der Waals surface area (Å²) in [4.78, 5) is 19.0. The molecule has 1 aliphatic heterocycles. The van der Waals surface area contributed by atoms with Crippen LogP contribution in [0.5, 0.6) is 0 Å². The van der Waals surface area contributed by atoms with E-state index in [-0.39, 0.29) is 23.2 Å². The molecule has 3 N–H and O–H groups in total. The van der Waals surface area contributed by atoms with Crippen LogP contribution in [0.15, 0.2) is 59.6 Å². The molecular formula is C23H24FN5O3S. The van der Waals surface area contributed by atoms with E-state index < -0.39 is 15.4 Å². The maximum absolute atomic E-state index is 13.6. The normalized spacial score (nSPS) is 14.8. The lowest BCUT2D eigenvalue weighted by molar-refractivity contribution is -0.132. The predicted octanol–water partition coefficient (Wildman–Crippen LogP) is 3.30. The van der Waals surface area contributed by atoms with Crippen LogP contribution in [0, 0.1) is 5.82 Å². The van der Waals surface area contributed by atoms with E-state index in [1.165, 1.54) is 29.2 Å². The molecule has 0 radical (unpaired) electrons. The molecule has 2 aromatic carbocycles. The van der Waals surface area contributed by atoms with Crippen LogP contribution in [0.2, 0.25) is 0 Å². The smallest absolute Gasteiger partial charge is 0.241 e. The summed E-state index contributed by atoms with van der Waals surface area (Å²) in [5.41, 5.74) is 6.65. The van der Waals surface area contributed by atoms with Crippen molar-refractivity contribution in [2.45, 2.75) is 24.3 Å². The molecule has 10 heteroatoms. The molecule has 1 amide bonds. The number of aromatic nitrogens is 2. The Kier molecular flexibility index (Phi) is 5.59. The standard InChI is InChI=1S/C23H24FN5O3S/c1-23(2)22-27-20(15-4-6-16(24)7-5-15)21(28(22)12-13-29(23)19(30)14-25)26-17-8-10-18(11-9-17)33(3,31)32/h4-13,26H,14,25H2,1-3H3. The number of halogens is 1. The third-order valence-electron chi connectivity index (χ3n) is 5.53. The molecule has 3 aromatic rings. The first-order valence-corrected chi connectivity index (χ1v) is 12.1. The van der Waals surface area contributed by atoms with E-state index in [1.807, 2.05) is 18.4 Å². The minimum absolute atomic E-state index is 0.142. The highest BCUT2D eigenvalue weighted by Gasteiger charge is 2.39. The van der Waals surface area contributed by atoms with Crippen LogP contribution in [0.25, 0.3) is 17.5 Å². The van der Waals surface area contributed by atoms with Gasteiger partial charge in [-0.15, -0.1) is 0 Å². The number of rotatable bonds is 5. The van der Waals surface area contributed by atoms with Gasteiger partial charge in [-0.05, 0) is 62.4 Å². The van der Waals surface area contributed by atoms with Crippen molar-refractivity contribution < 1.29 is 17.6 Å². The zero-order valence-electron chi connectivity index (χ0n) is 18.4. The van der Waals surface area contributed by atoms with Crippen molar-refractivity contribution >= 4 is 33.4 Å². The first kappa shape index (κ1) is 22.7. The van der Waals surface area contributed by atoms with Crippen LogP contribution in [-0.4, -0.2) is 41.6 Å². The lowest BCUT2D eigenvalue weighted by Crippen LogP contribution is -2.47. The number of anilines is 2. The molecule has 0 atom stereocenters. The van der Waals surface area contributed by atoms with Gasteiger partial charge in [-0.25, -0.2) is 17.8 Å². The quantitative estimate of drug-likeness (QED) is 0.593. The number of carbonyl (C=O) groups excluding carboxylic acids is 1. The number of imidazole rings is 1. The van der Waals surface area contributed by atoms with Gasteiger partial charge < -0.3 is 16.0 Å². The fraction of sp³-hybridized carbons (Fsp3) is 0.217. The zero-order valence-corrected chi connectivity index (χ0v) is 19.2. The van der Waals surface area contributed by atoms with Gasteiger partial charge in [0, 0.05) is 29.9 Å². The molecule has 0 saturated carbocycles. The van der Waals surface area contributed by atoms with Crippen molar-refractivity contribution in [1.82, 2.24) is 14.5 Å². The highest BCUT2D eigenvalue weighted by Crippen LogP contribution is 2.39. The van der Waals surface area contributed by atoms with Gasteiger partial charge in [0.25, 0.3) is 0 Å². The minimum atomic E-state index is -3.32. The van der Waals surface area contributed by atoms with E-state index in [4.69, 9.17) is 10.7 Å². The van der Waals surface area contributed by atoms with Crippen LogP contribution in [0.4, 0.5) is 15.9 Å². The van der Waals surface area contributed by atoms with Gasteiger partial charge in [0.15, 0.2) is 9.84 Å². The van der Waals surface area contributed by atoms with Crippen LogP contribution < -0.4 is 11.1 Å². The highest BCUT2D eigenvalue weighted by molar-refractivity contribution is 7.90. The van der Waals surface area contributed by atoms with Crippen molar-refractivity contribution in [3.63, 3.8) is 0 Å². The summed E-state index contributed by atoms with van der Waals surface area (Å²) in [7, 11) is -3.32. The molecule has 1 aromatic heterocycles. The number of hydrogen-bond donors (Lipinski definition) is 2. The van der Waals surface area contributed by atoms with Gasteiger partial charge >= 0.3 is 0 Å². The summed E-state index contributed by atoms with van der Waals surface area (Å²) in [6, 6.07) is 12.3. The Labute approximate surface area is 191 Å². The van der Waals surface area contributed by atoms with Crippen molar-refractivity contribution in [2.75, 3.05) is 18.1 Å². The van der Waals surface area contributed by atoms with Crippen LogP contribution >= 0.6 is 0 Å². The molecule has 0 aliphatic carbocycles. The number of fused-ring (bicyclic) bond motifs is 1. The van der Waals surface area contributed by atoms with Gasteiger partial charge in [-0.2, -0.15) is 0 Å². The Hall–Kier alpha value is -3.50. The first-order valence-electron chi connectivity index (χ1n) is 10.2. The third-order valence-corrected chi connectivity index (χ3v) is 6.66. The first-order chi connectivity index (χ1) is 15.5. The fourth-order valence-electron chi connectivity index (χ4n) is 3.78. The van der Waals surface area contributed by atoms with E-state index in [2.05, 4.69) is 5.32 Å². The minimum Gasteiger partial charge on any atom is -0.339 e. The summed E-state index contributed by atoms with van der Waals surface area (Å²) < 4.78 is 39.0. The molecule has 8 nitrogen and oxygen atoms in total. The zero-order chi connectivity index (χ0) is 24.0. The van der Waals surface area contributed by atoms with E-state index in [9.17, 15) is 17.6 Å². The number of nitrogens with one attached hydrogen (secondary N) is 1. The molecule has 0 fully saturated rings. The Balaban J connectivity index is 1.85. The highest BCUT2D eigenvalue weighted by atomic mass is 32.2. The summed E-state index contributed by atoms with van der Waals surface area (Å²) in [6.07, 6.45) is 4.51. The van der Waals surface area contributed by atoms with Crippen LogP contribution in [0.1, 0.15) is 19.7 Å². The maximum atomic E-state index is 13.6. The molecule has 0 unspecified atom stereocenters. The maximum Gasteiger partial charge on any atom is 0.241 e. The number of amides is 1. The van der Waals surface area contributed by atoms with Crippen molar-refractivity contribution in [3.8, 4) is 11.3 Å². The van der Waals surface area contributed by atoms with Crippen molar-refractivity contribution in [3.05, 3.63) is 66.4 Å². The van der Waals surface area contributed by atoms with Crippen LogP contribution in [0.3, 0.4) is 0 Å². The second-order valence-corrected chi connectivity index (χ2v) is 10.3. The van der Waals surface area contributed by atoms with Gasteiger partial charge in [-0.3, -0.25) is 9.36 Å². The number of nitrogens with zero attached hydrogens (tertiary/aromatic N) is 3. The molecular weight excluding hydrogens is 445 g/mol. The Morgan fingerprint density at radius 1 is 1.09 bits per heavy atom. The van der Waals surface area contributed by atoms with Gasteiger partial charge in [0.05, 0.1) is 11.4 Å². The Morgan fingerprint density at radius 2 is 1.73 bits per heavy atom. The van der Waals surface area contributed by atoms with Crippen molar-refractivity contribution in [2.24, 2.45) is 5.73 Å². The molecule has 0 saturated heterocycles. The predicted molar refractivity (Wildman–Crippen MR) is 125 cm³/mol. The second-order valence-electron chi connectivity index (χ2n) is 8.26. The molecule has 0 bridgehead atoms. The van der Waals surface area contributed by atoms with E-state index in [0.29, 0.717) is 28.6 Å². The topological polar surface area (TPSA) is 110 Å². The fourth-order valence-corrected chi connectivity index (χ4v) is 4.41. The second kappa shape index (κ2) is 8.13. The summed E-state index contributed by atoms with van der Waals surface area (Å²) in [5.74, 6) is 0.558. The Morgan fingerprint density at radius 3 is 2.30 bits per heavy atom. The SMILES string of the molecule is CC1(C)c2nc(-c3ccc(F)cc3)c(Nc3ccc(S(C)(=O)=O)cc3)n2C=CN1C(=O)CN. The van der Waals surface area contributed by atoms with Gasteiger partial charge in [0.1, 0.15) is 28.7 Å². The molecule has 2 heterocycles. The summed E-state index contributed by atoms with van der Waals surface area (Å²) in [6.45, 7) is 3.58. The van der Waals surface area contributed by atoms with Gasteiger partial charge in [-0.1, -0.05) is 0 Å². The number of benzene rings is 2. The molecule has 0 spiro atoms. The molecule has 172 valence electrons. The summed E-state index contributed by atoms with van der Waals surface area (Å²) in [5, 5.41) is 3.30. The summed E-state index contributed by atoms with van der Waals surface area (Å²) >= 11 is 0.